The van der Waals surface area contributed by atoms with E-state index in [9.17, 15) is 5.11 Å². The van der Waals surface area contributed by atoms with Gasteiger partial charge in [0.2, 0.25) is 0 Å². The van der Waals surface area contributed by atoms with Gasteiger partial charge in [0.25, 0.3) is 0 Å². The molecule has 1 N–H and O–H groups in total. The number of phenols is 1. The van der Waals surface area contributed by atoms with E-state index < -0.39 is 0 Å². The van der Waals surface area contributed by atoms with Gasteiger partial charge in [-0.15, -0.1) is 0 Å². The second-order valence-electron chi connectivity index (χ2n) is 7.66. The summed E-state index contributed by atoms with van der Waals surface area (Å²) < 4.78 is 0. The first-order valence-electron chi connectivity index (χ1n) is 9.18. The maximum absolute atomic E-state index is 10.4. The summed E-state index contributed by atoms with van der Waals surface area (Å²) in [7, 11) is 0.383. The number of hydrogen-bond acceptors (Lipinski definition) is 2. The van der Waals surface area contributed by atoms with E-state index in [1.54, 1.807) is 0 Å². The zero-order valence-corrected chi connectivity index (χ0v) is 17.1. The molecule has 0 aromatic heterocycles. The van der Waals surface area contributed by atoms with E-state index >= 15 is 0 Å². The molecule has 0 saturated carbocycles. The highest BCUT2D eigenvalue weighted by Crippen LogP contribution is 2.22. The van der Waals surface area contributed by atoms with Crippen LogP contribution in [0.5, 0.6) is 5.75 Å². The highest BCUT2D eigenvalue weighted by atomic mass is 31.1. The second kappa shape index (κ2) is 8.50. The molecule has 0 bridgehead atoms. The summed E-state index contributed by atoms with van der Waals surface area (Å²) in [6.07, 6.45) is 2.82. The molecule has 3 aromatic carbocycles. The Kier molecular flexibility index (Phi) is 6.08. The summed E-state index contributed by atoms with van der Waals surface area (Å²) in [5, 5.41) is 12.6. The zero-order valence-electron chi connectivity index (χ0n) is 16.1. The lowest BCUT2D eigenvalue weighted by Crippen LogP contribution is -2.13. The molecule has 0 aliphatic rings. The number of nitrogens with zero attached hydrogens (tertiary/aromatic N) is 1. The predicted octanol–water partition coefficient (Wildman–Crippen LogP) is 4.83. The number of rotatable bonds is 5. The molecule has 27 heavy (non-hydrogen) atoms. The van der Waals surface area contributed by atoms with Crippen LogP contribution in [-0.4, -0.2) is 16.9 Å². The molecule has 3 heteroatoms. The molecular formula is C24H26NOP. The summed E-state index contributed by atoms with van der Waals surface area (Å²) >= 11 is 0. The summed E-state index contributed by atoms with van der Waals surface area (Å²) in [6, 6.07) is 24.6. The average Bonchev–Trinajstić information content (AvgIpc) is 2.64. The number of aromatic hydroxyl groups is 1. The molecule has 0 aliphatic carbocycles. The monoisotopic (exact) mass is 375 g/mol. The van der Waals surface area contributed by atoms with Crippen LogP contribution in [0.1, 0.15) is 37.5 Å². The Balaban J connectivity index is 1.86. The lowest BCUT2D eigenvalue weighted by molar-refractivity contribution is 0.479. The highest BCUT2D eigenvalue weighted by molar-refractivity contribution is 7.56. The van der Waals surface area contributed by atoms with Gasteiger partial charge in [0.1, 0.15) is 5.75 Å². The van der Waals surface area contributed by atoms with Crippen LogP contribution in [0, 0.1) is 0 Å². The Labute approximate surface area is 163 Å². The van der Waals surface area contributed by atoms with E-state index in [0.717, 1.165) is 17.3 Å². The minimum atomic E-state index is -0.103. The first-order chi connectivity index (χ1) is 12.9. The van der Waals surface area contributed by atoms with Crippen molar-refractivity contribution in [3.63, 3.8) is 0 Å². The molecule has 138 valence electrons. The van der Waals surface area contributed by atoms with Crippen molar-refractivity contribution < 1.29 is 5.11 Å². The Bertz CT molecular complexity index is 927. The Morgan fingerprint density at radius 2 is 1.56 bits per heavy atom. The third-order valence-electron chi connectivity index (χ3n) is 4.13. The SMILES string of the molecule is CC(C)(C)N=Cc1ccccc1Pc1cc(Cc2ccccc2)ccc1O. The van der Waals surface area contributed by atoms with Crippen molar-refractivity contribution in [2.45, 2.75) is 32.7 Å². The van der Waals surface area contributed by atoms with Crippen molar-refractivity contribution >= 4 is 25.4 Å². The molecule has 1 atom stereocenters. The van der Waals surface area contributed by atoms with Gasteiger partial charge in [0.15, 0.2) is 0 Å². The van der Waals surface area contributed by atoms with Crippen molar-refractivity contribution in [3.8, 4) is 5.75 Å². The summed E-state index contributed by atoms with van der Waals surface area (Å²) in [5.74, 6) is 0.354. The van der Waals surface area contributed by atoms with Gasteiger partial charge >= 0.3 is 0 Å². The Hall–Kier alpha value is -2.44. The first kappa shape index (κ1) is 19.3. The van der Waals surface area contributed by atoms with Crippen molar-refractivity contribution in [1.29, 1.82) is 0 Å². The van der Waals surface area contributed by atoms with Crippen LogP contribution in [0.25, 0.3) is 0 Å². The molecule has 0 amide bonds. The van der Waals surface area contributed by atoms with E-state index in [0.29, 0.717) is 14.3 Å². The van der Waals surface area contributed by atoms with Crippen molar-refractivity contribution in [3.05, 3.63) is 89.5 Å². The van der Waals surface area contributed by atoms with Crippen molar-refractivity contribution in [1.82, 2.24) is 0 Å². The molecule has 0 fully saturated rings. The number of hydrogen-bond donors (Lipinski definition) is 1. The quantitative estimate of drug-likeness (QED) is 0.503. The number of benzene rings is 3. The fourth-order valence-electron chi connectivity index (χ4n) is 2.76. The molecule has 0 saturated heterocycles. The fourth-order valence-corrected chi connectivity index (χ4v) is 3.99. The standard InChI is InChI=1S/C24H26NOP/c1-24(2,3)25-17-20-11-7-8-12-22(20)27-23-16-19(13-14-21(23)26)15-18-9-5-4-6-10-18/h4-14,16-17,26-27H,15H2,1-3H3. The number of aliphatic imine (C=N–C) groups is 1. The molecule has 0 aliphatic heterocycles. The van der Waals surface area contributed by atoms with Crippen LogP contribution >= 0.6 is 8.58 Å². The van der Waals surface area contributed by atoms with Gasteiger partial charge in [-0.05, 0) is 55.8 Å². The molecule has 0 spiro atoms. The Morgan fingerprint density at radius 1 is 0.852 bits per heavy atom. The molecule has 3 rings (SSSR count). The van der Waals surface area contributed by atoms with Crippen molar-refractivity contribution in [2.24, 2.45) is 4.99 Å². The van der Waals surface area contributed by atoms with Crippen LogP contribution in [0.3, 0.4) is 0 Å². The molecular weight excluding hydrogens is 349 g/mol. The maximum atomic E-state index is 10.4. The van der Waals surface area contributed by atoms with E-state index in [4.69, 9.17) is 0 Å². The van der Waals surface area contributed by atoms with Gasteiger partial charge in [0.05, 0.1) is 5.54 Å². The predicted molar refractivity (Wildman–Crippen MR) is 119 cm³/mol. The largest absolute Gasteiger partial charge is 0.507 e. The van der Waals surface area contributed by atoms with E-state index in [1.807, 2.05) is 36.5 Å². The van der Waals surface area contributed by atoms with E-state index in [1.165, 1.54) is 16.4 Å². The lowest BCUT2D eigenvalue weighted by atomic mass is 10.1. The Morgan fingerprint density at radius 3 is 2.30 bits per heavy atom. The topological polar surface area (TPSA) is 32.6 Å². The average molecular weight is 375 g/mol. The third-order valence-corrected chi connectivity index (χ3v) is 5.53. The molecule has 1 unspecified atom stereocenters. The normalized spacial score (nSPS) is 12.3. The summed E-state index contributed by atoms with van der Waals surface area (Å²) in [5.41, 5.74) is 3.49. The smallest absolute Gasteiger partial charge is 0.123 e. The van der Waals surface area contributed by atoms with Crippen LogP contribution in [0.4, 0.5) is 0 Å². The summed E-state index contributed by atoms with van der Waals surface area (Å²) in [6.45, 7) is 6.27. The zero-order chi connectivity index (χ0) is 19.3. The van der Waals surface area contributed by atoms with Crippen LogP contribution in [0.2, 0.25) is 0 Å². The van der Waals surface area contributed by atoms with Gasteiger partial charge in [-0.2, -0.15) is 0 Å². The van der Waals surface area contributed by atoms with E-state index in [2.05, 4.69) is 68.2 Å². The van der Waals surface area contributed by atoms with E-state index in [-0.39, 0.29) is 5.54 Å². The summed E-state index contributed by atoms with van der Waals surface area (Å²) in [4.78, 5) is 4.64. The van der Waals surface area contributed by atoms with Crippen LogP contribution < -0.4 is 10.6 Å². The minimum Gasteiger partial charge on any atom is -0.507 e. The molecule has 3 aromatic rings. The fraction of sp³-hybridized carbons (Fsp3) is 0.208. The van der Waals surface area contributed by atoms with Crippen LogP contribution in [0.15, 0.2) is 77.8 Å². The molecule has 0 heterocycles. The molecule has 2 nitrogen and oxygen atoms in total. The molecule has 0 radical (unpaired) electrons. The van der Waals surface area contributed by atoms with Gasteiger partial charge in [-0.25, -0.2) is 0 Å². The van der Waals surface area contributed by atoms with Gasteiger partial charge in [-0.3, -0.25) is 4.99 Å². The van der Waals surface area contributed by atoms with Gasteiger partial charge in [0, 0.05) is 17.1 Å². The van der Waals surface area contributed by atoms with Crippen molar-refractivity contribution in [2.75, 3.05) is 0 Å². The third kappa shape index (κ3) is 5.77. The maximum Gasteiger partial charge on any atom is 0.123 e. The minimum absolute atomic E-state index is 0.103. The second-order valence-corrected chi connectivity index (χ2v) is 8.98. The van der Waals surface area contributed by atoms with Gasteiger partial charge < -0.3 is 5.11 Å². The highest BCUT2D eigenvalue weighted by Gasteiger charge is 2.09. The lowest BCUT2D eigenvalue weighted by Gasteiger charge is -2.13. The van der Waals surface area contributed by atoms with Crippen LogP contribution in [-0.2, 0) is 6.42 Å². The first-order valence-corrected chi connectivity index (χ1v) is 10.2. The van der Waals surface area contributed by atoms with Gasteiger partial charge in [-0.1, -0.05) is 69.2 Å². The number of phenolic OH excluding ortho intramolecular Hbond substituents is 1.